The van der Waals surface area contributed by atoms with E-state index in [0.29, 0.717) is 18.8 Å². The standard InChI is InChI=1S/C12H15ClN4O/c1-3-11-15-10(13)5-12(18)17(11)7-9-6-14-8-16(9)4-2/h5-6,8H,3-4,7H2,1-2H3. The van der Waals surface area contributed by atoms with Gasteiger partial charge in [-0.05, 0) is 6.92 Å². The molecule has 0 amide bonds. The van der Waals surface area contributed by atoms with Gasteiger partial charge in [-0.1, -0.05) is 18.5 Å². The fraction of sp³-hybridized carbons (Fsp3) is 0.417. The molecule has 0 spiro atoms. The Morgan fingerprint density at radius 3 is 2.83 bits per heavy atom. The Morgan fingerprint density at radius 2 is 2.17 bits per heavy atom. The van der Waals surface area contributed by atoms with Crippen molar-refractivity contribution in [2.24, 2.45) is 0 Å². The largest absolute Gasteiger partial charge is 0.333 e. The monoisotopic (exact) mass is 266 g/mol. The van der Waals surface area contributed by atoms with Crippen LogP contribution < -0.4 is 5.56 Å². The summed E-state index contributed by atoms with van der Waals surface area (Å²) in [7, 11) is 0. The zero-order chi connectivity index (χ0) is 13.1. The SMILES string of the molecule is CCc1nc(Cl)cc(=O)n1Cc1cncn1CC. The molecule has 6 heteroatoms. The number of imidazole rings is 1. The molecular formula is C12H15ClN4O. The Kier molecular flexibility index (Phi) is 3.81. The van der Waals surface area contributed by atoms with E-state index >= 15 is 0 Å². The molecule has 2 heterocycles. The van der Waals surface area contributed by atoms with Gasteiger partial charge < -0.3 is 4.57 Å². The number of hydrogen-bond acceptors (Lipinski definition) is 3. The summed E-state index contributed by atoms with van der Waals surface area (Å²) in [6, 6.07) is 1.34. The van der Waals surface area contributed by atoms with Gasteiger partial charge in [0.25, 0.3) is 5.56 Å². The van der Waals surface area contributed by atoms with Crippen LogP contribution in [0.25, 0.3) is 0 Å². The van der Waals surface area contributed by atoms with Gasteiger partial charge in [-0.25, -0.2) is 9.97 Å². The van der Waals surface area contributed by atoms with Crippen molar-refractivity contribution in [2.75, 3.05) is 0 Å². The quantitative estimate of drug-likeness (QED) is 0.792. The van der Waals surface area contributed by atoms with Crippen LogP contribution in [0.2, 0.25) is 5.15 Å². The van der Waals surface area contributed by atoms with E-state index in [-0.39, 0.29) is 10.7 Å². The van der Waals surface area contributed by atoms with E-state index in [0.717, 1.165) is 12.2 Å². The van der Waals surface area contributed by atoms with Crippen LogP contribution in [0.4, 0.5) is 0 Å². The fourth-order valence-electron chi connectivity index (χ4n) is 1.89. The van der Waals surface area contributed by atoms with Gasteiger partial charge in [-0.3, -0.25) is 9.36 Å². The van der Waals surface area contributed by atoms with E-state index in [1.165, 1.54) is 6.07 Å². The van der Waals surface area contributed by atoms with Gasteiger partial charge in [-0.2, -0.15) is 0 Å². The van der Waals surface area contributed by atoms with Crippen LogP contribution in [0.1, 0.15) is 25.4 Å². The summed E-state index contributed by atoms with van der Waals surface area (Å²) in [4.78, 5) is 20.2. The Balaban J connectivity index is 2.43. The summed E-state index contributed by atoms with van der Waals surface area (Å²) in [5.41, 5.74) is 0.856. The summed E-state index contributed by atoms with van der Waals surface area (Å²) in [5.74, 6) is 0.691. The molecule has 96 valence electrons. The zero-order valence-corrected chi connectivity index (χ0v) is 11.2. The van der Waals surface area contributed by atoms with Crippen molar-refractivity contribution >= 4 is 11.6 Å². The lowest BCUT2D eigenvalue weighted by atomic mass is 10.3. The number of halogens is 1. The maximum atomic E-state index is 12.0. The average Bonchev–Trinajstić information content (AvgIpc) is 2.79. The number of aryl methyl sites for hydroxylation is 2. The van der Waals surface area contributed by atoms with E-state index in [1.54, 1.807) is 17.1 Å². The molecule has 0 N–H and O–H groups in total. The summed E-state index contributed by atoms with van der Waals surface area (Å²) >= 11 is 5.80. The molecule has 0 aliphatic rings. The molecule has 0 unspecified atom stereocenters. The van der Waals surface area contributed by atoms with Crippen LogP contribution in [0.3, 0.4) is 0 Å². The van der Waals surface area contributed by atoms with Gasteiger partial charge in [-0.15, -0.1) is 0 Å². The second-order valence-corrected chi connectivity index (χ2v) is 4.33. The lowest BCUT2D eigenvalue weighted by molar-refractivity contribution is 0.620. The first-order valence-electron chi connectivity index (χ1n) is 5.91. The molecule has 0 fully saturated rings. The minimum absolute atomic E-state index is 0.129. The molecule has 0 saturated carbocycles. The lowest BCUT2D eigenvalue weighted by Crippen LogP contribution is -2.25. The Labute approximate surface area is 110 Å². The van der Waals surface area contributed by atoms with Crippen molar-refractivity contribution in [1.82, 2.24) is 19.1 Å². The molecule has 0 atom stereocenters. The Hall–Kier alpha value is -1.62. The van der Waals surface area contributed by atoms with Crippen molar-refractivity contribution < 1.29 is 0 Å². The van der Waals surface area contributed by atoms with Gasteiger partial charge in [0.05, 0.1) is 18.6 Å². The number of rotatable bonds is 4. The van der Waals surface area contributed by atoms with Crippen molar-refractivity contribution in [3.8, 4) is 0 Å². The van der Waals surface area contributed by atoms with Gasteiger partial charge in [0.2, 0.25) is 0 Å². The second kappa shape index (κ2) is 5.35. The molecule has 0 saturated heterocycles. The predicted octanol–water partition coefficient (Wildman–Crippen LogP) is 1.72. The first kappa shape index (κ1) is 12.8. The molecule has 0 bridgehead atoms. The molecule has 18 heavy (non-hydrogen) atoms. The van der Waals surface area contributed by atoms with Crippen LogP contribution >= 0.6 is 11.6 Å². The van der Waals surface area contributed by atoms with Gasteiger partial charge in [0.15, 0.2) is 0 Å². The van der Waals surface area contributed by atoms with Crippen LogP contribution in [0.5, 0.6) is 0 Å². The van der Waals surface area contributed by atoms with Gasteiger partial charge >= 0.3 is 0 Å². The summed E-state index contributed by atoms with van der Waals surface area (Å²) in [5, 5.41) is 0.247. The third-order valence-corrected chi connectivity index (χ3v) is 3.03. The van der Waals surface area contributed by atoms with Crippen molar-refractivity contribution in [3.05, 3.63) is 45.6 Å². The van der Waals surface area contributed by atoms with Crippen molar-refractivity contribution in [3.63, 3.8) is 0 Å². The highest BCUT2D eigenvalue weighted by Crippen LogP contribution is 2.07. The maximum absolute atomic E-state index is 12.0. The highest BCUT2D eigenvalue weighted by Gasteiger charge is 2.09. The molecular weight excluding hydrogens is 252 g/mol. The number of nitrogens with zero attached hydrogens (tertiary/aromatic N) is 4. The lowest BCUT2D eigenvalue weighted by Gasteiger charge is -2.11. The molecule has 2 rings (SSSR count). The molecule has 2 aromatic rings. The Morgan fingerprint density at radius 1 is 1.39 bits per heavy atom. The van der Waals surface area contributed by atoms with Crippen molar-refractivity contribution in [2.45, 2.75) is 33.4 Å². The van der Waals surface area contributed by atoms with E-state index in [4.69, 9.17) is 11.6 Å². The maximum Gasteiger partial charge on any atom is 0.255 e. The van der Waals surface area contributed by atoms with Gasteiger partial charge in [0, 0.05) is 25.2 Å². The minimum Gasteiger partial charge on any atom is -0.333 e. The average molecular weight is 267 g/mol. The van der Waals surface area contributed by atoms with E-state index in [2.05, 4.69) is 9.97 Å². The number of aromatic nitrogens is 4. The third kappa shape index (κ3) is 2.46. The van der Waals surface area contributed by atoms with Crippen LogP contribution in [-0.4, -0.2) is 19.1 Å². The van der Waals surface area contributed by atoms with Crippen LogP contribution in [0.15, 0.2) is 23.4 Å². The van der Waals surface area contributed by atoms with E-state index in [1.807, 2.05) is 18.4 Å². The topological polar surface area (TPSA) is 52.7 Å². The molecule has 0 radical (unpaired) electrons. The van der Waals surface area contributed by atoms with Gasteiger partial charge in [0.1, 0.15) is 11.0 Å². The zero-order valence-electron chi connectivity index (χ0n) is 10.4. The highest BCUT2D eigenvalue weighted by atomic mass is 35.5. The smallest absolute Gasteiger partial charge is 0.255 e. The van der Waals surface area contributed by atoms with E-state index in [9.17, 15) is 4.79 Å². The van der Waals surface area contributed by atoms with Crippen LogP contribution in [-0.2, 0) is 19.5 Å². The normalized spacial score (nSPS) is 10.8. The number of hydrogen-bond donors (Lipinski definition) is 0. The Bertz CT molecular complexity index is 602. The summed E-state index contributed by atoms with van der Waals surface area (Å²) in [6.07, 6.45) is 4.19. The molecule has 0 aliphatic heterocycles. The summed E-state index contributed by atoms with van der Waals surface area (Å²) in [6.45, 7) is 5.28. The van der Waals surface area contributed by atoms with Crippen LogP contribution in [0, 0.1) is 0 Å². The molecule has 0 aliphatic carbocycles. The third-order valence-electron chi connectivity index (χ3n) is 2.83. The fourth-order valence-corrected chi connectivity index (χ4v) is 2.08. The van der Waals surface area contributed by atoms with Crippen molar-refractivity contribution in [1.29, 1.82) is 0 Å². The predicted molar refractivity (Wildman–Crippen MR) is 69.9 cm³/mol. The second-order valence-electron chi connectivity index (χ2n) is 3.94. The minimum atomic E-state index is -0.129. The molecule has 0 aromatic carbocycles. The molecule has 5 nitrogen and oxygen atoms in total. The highest BCUT2D eigenvalue weighted by molar-refractivity contribution is 6.29. The first-order valence-corrected chi connectivity index (χ1v) is 6.28. The first-order chi connectivity index (χ1) is 8.65. The molecule has 2 aromatic heterocycles. The van der Waals surface area contributed by atoms with E-state index < -0.39 is 0 Å². The summed E-state index contributed by atoms with van der Waals surface area (Å²) < 4.78 is 3.63.